The number of hydrogen-bond acceptors (Lipinski definition) is 8. The number of alkyl halides is 3. The van der Waals surface area contributed by atoms with Crippen molar-refractivity contribution >= 4 is 18.2 Å². The molecule has 238 valence electrons. The zero-order valence-corrected chi connectivity index (χ0v) is 25.5. The molecule has 0 unspecified atom stereocenters. The number of amides is 2. The standard InChI is InChI=1S/C30H44F3NO8/c1-20-24(39-17-11-16-30(31,32)33)22(15-14-21-12-9-8-10-13-21)18-38-19-23(25(35)40-20)34(26(36)41-28(2,3)4)27(37)42-29(5,6)7/h8-10,12-13,20,22-24H,11,14-19H2,1-7H3/t20-,22-,23-,24-/m0/s1. The maximum Gasteiger partial charge on any atom is 0.420 e. The van der Waals surface area contributed by atoms with E-state index in [0.29, 0.717) is 17.7 Å². The van der Waals surface area contributed by atoms with Crippen LogP contribution in [0, 0.1) is 5.92 Å². The van der Waals surface area contributed by atoms with Crippen LogP contribution < -0.4 is 0 Å². The topological polar surface area (TPSA) is 101 Å². The number of nitrogens with zero attached hydrogens (tertiary/aromatic N) is 1. The van der Waals surface area contributed by atoms with Crippen LogP contribution >= 0.6 is 0 Å². The van der Waals surface area contributed by atoms with E-state index >= 15 is 0 Å². The van der Waals surface area contributed by atoms with Gasteiger partial charge in [0.15, 0.2) is 6.04 Å². The lowest BCUT2D eigenvalue weighted by Gasteiger charge is -2.33. The van der Waals surface area contributed by atoms with E-state index in [9.17, 15) is 27.6 Å². The Morgan fingerprint density at radius 2 is 1.52 bits per heavy atom. The Labute approximate surface area is 245 Å². The summed E-state index contributed by atoms with van der Waals surface area (Å²) in [6, 6.07) is 8.05. The number of rotatable bonds is 8. The highest BCUT2D eigenvalue weighted by atomic mass is 19.4. The Hall–Kier alpha value is -2.86. The summed E-state index contributed by atoms with van der Waals surface area (Å²) in [4.78, 5) is 40.3. The fourth-order valence-electron chi connectivity index (χ4n) is 4.35. The van der Waals surface area contributed by atoms with Crippen molar-refractivity contribution in [2.45, 2.75) is 110 Å². The van der Waals surface area contributed by atoms with Gasteiger partial charge in [-0.05, 0) is 73.3 Å². The number of cyclic esters (lactones) is 1. The van der Waals surface area contributed by atoms with Gasteiger partial charge in [0, 0.05) is 18.9 Å². The fourth-order valence-corrected chi connectivity index (χ4v) is 4.35. The molecule has 0 radical (unpaired) electrons. The average Bonchev–Trinajstić information content (AvgIpc) is 2.87. The Morgan fingerprint density at radius 1 is 0.952 bits per heavy atom. The van der Waals surface area contributed by atoms with Gasteiger partial charge < -0.3 is 23.7 Å². The van der Waals surface area contributed by atoms with Crippen molar-refractivity contribution in [1.29, 1.82) is 0 Å². The number of halogens is 3. The molecule has 1 aliphatic heterocycles. The summed E-state index contributed by atoms with van der Waals surface area (Å²) in [5.41, 5.74) is -0.950. The van der Waals surface area contributed by atoms with Crippen LogP contribution in [-0.2, 0) is 34.9 Å². The summed E-state index contributed by atoms with van der Waals surface area (Å²) >= 11 is 0. The third-order valence-electron chi connectivity index (χ3n) is 6.16. The maximum absolute atomic E-state index is 13.4. The van der Waals surface area contributed by atoms with Gasteiger partial charge in [0.2, 0.25) is 0 Å². The third-order valence-corrected chi connectivity index (χ3v) is 6.16. The van der Waals surface area contributed by atoms with Gasteiger partial charge >= 0.3 is 24.3 Å². The predicted molar refractivity (Wildman–Crippen MR) is 148 cm³/mol. The molecule has 42 heavy (non-hydrogen) atoms. The smallest absolute Gasteiger partial charge is 0.420 e. The Kier molecular flexibility index (Phi) is 12.7. The molecule has 0 N–H and O–H groups in total. The maximum atomic E-state index is 13.4. The number of aryl methyl sites for hydroxylation is 1. The molecule has 0 spiro atoms. The highest BCUT2D eigenvalue weighted by Gasteiger charge is 2.44. The number of ether oxygens (including phenoxy) is 5. The molecule has 0 aromatic heterocycles. The number of benzene rings is 1. The number of esters is 1. The van der Waals surface area contributed by atoms with Crippen LogP contribution in [0.15, 0.2) is 30.3 Å². The molecule has 2 amide bonds. The summed E-state index contributed by atoms with van der Waals surface area (Å²) in [6.07, 6.45) is -8.44. The van der Waals surface area contributed by atoms with Gasteiger partial charge in [0.1, 0.15) is 17.3 Å². The van der Waals surface area contributed by atoms with Gasteiger partial charge in [-0.2, -0.15) is 18.1 Å². The summed E-state index contributed by atoms with van der Waals surface area (Å²) in [5, 5.41) is 0. The normalized spacial score (nSPS) is 22.3. The Morgan fingerprint density at radius 3 is 2.05 bits per heavy atom. The molecule has 1 aliphatic rings. The molecular formula is C30H44F3NO8. The first-order valence-corrected chi connectivity index (χ1v) is 14.1. The molecule has 0 bridgehead atoms. The van der Waals surface area contributed by atoms with Gasteiger partial charge in [-0.1, -0.05) is 30.3 Å². The van der Waals surface area contributed by atoms with Gasteiger partial charge in [0.25, 0.3) is 0 Å². The molecule has 1 fully saturated rings. The molecular weight excluding hydrogens is 559 g/mol. The molecule has 2 rings (SSSR count). The van der Waals surface area contributed by atoms with Crippen LogP contribution in [0.2, 0.25) is 0 Å². The van der Waals surface area contributed by atoms with Crippen molar-refractivity contribution in [1.82, 2.24) is 4.90 Å². The molecule has 1 aromatic carbocycles. The highest BCUT2D eigenvalue weighted by molar-refractivity contribution is 5.94. The first kappa shape index (κ1) is 35.3. The van der Waals surface area contributed by atoms with Crippen molar-refractivity contribution in [3.63, 3.8) is 0 Å². The SMILES string of the molecule is C[C@@H]1OC(=O)[C@@H](N(C(=O)OC(C)(C)C)C(=O)OC(C)(C)C)COC[C@H](CCc2ccccc2)[C@H]1OCCCC(F)(F)F. The van der Waals surface area contributed by atoms with Crippen molar-refractivity contribution in [2.24, 2.45) is 5.92 Å². The van der Waals surface area contributed by atoms with Crippen LogP contribution in [0.3, 0.4) is 0 Å². The highest BCUT2D eigenvalue weighted by Crippen LogP contribution is 2.27. The third kappa shape index (κ3) is 12.6. The van der Waals surface area contributed by atoms with E-state index in [2.05, 4.69) is 0 Å². The Balaban J connectivity index is 2.34. The molecule has 1 aromatic rings. The van der Waals surface area contributed by atoms with Crippen LogP contribution in [0.4, 0.5) is 22.8 Å². The quantitative estimate of drug-likeness (QED) is 0.190. The van der Waals surface area contributed by atoms with Crippen molar-refractivity contribution < 1.29 is 51.2 Å². The minimum absolute atomic E-state index is 0.0325. The summed E-state index contributed by atoms with van der Waals surface area (Å²) in [5.74, 6) is -1.35. The van der Waals surface area contributed by atoms with Crippen molar-refractivity contribution in [3.8, 4) is 0 Å². The Bertz CT molecular complexity index is 992. The average molecular weight is 604 g/mol. The lowest BCUT2D eigenvalue weighted by atomic mass is 9.92. The lowest BCUT2D eigenvalue weighted by molar-refractivity contribution is -0.165. The molecule has 1 saturated heterocycles. The zero-order chi connectivity index (χ0) is 31.7. The summed E-state index contributed by atoms with van der Waals surface area (Å²) < 4.78 is 66.5. The molecule has 9 nitrogen and oxygen atoms in total. The van der Waals surface area contributed by atoms with Gasteiger partial charge in [-0.25, -0.2) is 14.4 Å². The molecule has 0 aliphatic carbocycles. The van der Waals surface area contributed by atoms with E-state index in [4.69, 9.17) is 23.7 Å². The van der Waals surface area contributed by atoms with Crippen LogP contribution in [0.1, 0.15) is 73.3 Å². The van der Waals surface area contributed by atoms with Gasteiger partial charge in [0.05, 0.1) is 19.3 Å². The van der Waals surface area contributed by atoms with E-state index in [1.807, 2.05) is 30.3 Å². The minimum atomic E-state index is -4.32. The monoisotopic (exact) mass is 603 g/mol. The molecule has 0 saturated carbocycles. The fraction of sp³-hybridized carbons (Fsp3) is 0.700. The number of hydrogen-bond donors (Lipinski definition) is 0. The molecule has 4 atom stereocenters. The van der Waals surface area contributed by atoms with Crippen LogP contribution in [0.5, 0.6) is 0 Å². The summed E-state index contributed by atoms with van der Waals surface area (Å²) in [7, 11) is 0. The van der Waals surface area contributed by atoms with Gasteiger partial charge in [-0.3, -0.25) is 0 Å². The molecule has 1 heterocycles. The number of carbonyl (C=O) groups is 3. The summed E-state index contributed by atoms with van der Waals surface area (Å²) in [6.45, 7) is 10.6. The zero-order valence-electron chi connectivity index (χ0n) is 25.5. The first-order chi connectivity index (χ1) is 19.4. The van der Waals surface area contributed by atoms with Crippen LogP contribution in [0.25, 0.3) is 0 Å². The predicted octanol–water partition coefficient (Wildman–Crippen LogP) is 6.47. The van der Waals surface area contributed by atoms with Crippen molar-refractivity contribution in [3.05, 3.63) is 35.9 Å². The lowest BCUT2D eigenvalue weighted by Crippen LogP contribution is -2.54. The van der Waals surface area contributed by atoms with E-state index in [1.54, 1.807) is 48.5 Å². The first-order valence-electron chi connectivity index (χ1n) is 14.1. The van der Waals surface area contributed by atoms with E-state index in [1.165, 1.54) is 0 Å². The van der Waals surface area contributed by atoms with Gasteiger partial charge in [-0.15, -0.1) is 0 Å². The minimum Gasteiger partial charge on any atom is -0.458 e. The van der Waals surface area contributed by atoms with Crippen LogP contribution in [-0.4, -0.2) is 78.5 Å². The second-order valence-electron chi connectivity index (χ2n) is 12.4. The second-order valence-corrected chi connectivity index (χ2v) is 12.4. The second kappa shape index (κ2) is 15.0. The number of carbonyl (C=O) groups excluding carboxylic acids is 3. The van der Waals surface area contributed by atoms with E-state index in [-0.39, 0.29) is 25.6 Å². The number of imide groups is 1. The van der Waals surface area contributed by atoms with E-state index < -0.39 is 66.8 Å². The van der Waals surface area contributed by atoms with Crippen molar-refractivity contribution in [2.75, 3.05) is 19.8 Å². The largest absolute Gasteiger partial charge is 0.458 e. The molecule has 12 heteroatoms. The van der Waals surface area contributed by atoms with E-state index in [0.717, 1.165) is 5.56 Å².